The molecule has 1 aromatic heterocycles. The van der Waals surface area contributed by atoms with Gasteiger partial charge in [0.15, 0.2) is 0 Å². The smallest absolute Gasteiger partial charge is 0.317 e. The highest BCUT2D eigenvalue weighted by molar-refractivity contribution is 5.80. The Balaban J connectivity index is 2.09. The first-order valence-corrected chi connectivity index (χ1v) is 8.39. The van der Waals surface area contributed by atoms with Crippen molar-refractivity contribution in [1.82, 2.24) is 14.9 Å². The predicted octanol–water partition coefficient (Wildman–Crippen LogP) is 2.02. The summed E-state index contributed by atoms with van der Waals surface area (Å²) in [4.78, 5) is 38.6. The first kappa shape index (κ1) is 18.0. The van der Waals surface area contributed by atoms with Crippen molar-refractivity contribution in [2.24, 2.45) is 5.92 Å². The maximum atomic E-state index is 12.2. The van der Waals surface area contributed by atoms with Crippen molar-refractivity contribution in [3.05, 3.63) is 45.0 Å². The Morgan fingerprint density at radius 1 is 1.17 bits per heavy atom. The van der Waals surface area contributed by atoms with Gasteiger partial charge in [0, 0.05) is 6.04 Å². The highest BCUT2D eigenvalue weighted by Crippen LogP contribution is 2.09. The number of nitrogens with one attached hydrogen (secondary N) is 2. The predicted molar refractivity (Wildman–Crippen MR) is 95.1 cm³/mol. The van der Waals surface area contributed by atoms with E-state index in [1.54, 1.807) is 24.3 Å². The van der Waals surface area contributed by atoms with E-state index >= 15 is 0 Å². The van der Waals surface area contributed by atoms with Crippen LogP contribution in [0.1, 0.15) is 40.0 Å². The van der Waals surface area contributed by atoms with E-state index in [-0.39, 0.29) is 18.5 Å². The molecule has 0 saturated carbocycles. The Kier molecular flexibility index (Phi) is 5.95. The van der Waals surface area contributed by atoms with Crippen molar-refractivity contribution in [3.8, 4) is 0 Å². The summed E-state index contributed by atoms with van der Waals surface area (Å²) in [5.74, 6) is 0.388. The number of rotatable bonds is 7. The van der Waals surface area contributed by atoms with Gasteiger partial charge in [-0.25, -0.2) is 0 Å². The summed E-state index contributed by atoms with van der Waals surface area (Å²) < 4.78 is 1.23. The van der Waals surface area contributed by atoms with Crippen molar-refractivity contribution in [3.63, 3.8) is 0 Å². The van der Waals surface area contributed by atoms with Crippen molar-refractivity contribution in [2.75, 3.05) is 0 Å². The number of aromatic amines is 1. The minimum absolute atomic E-state index is 0.0419. The van der Waals surface area contributed by atoms with Crippen LogP contribution in [0, 0.1) is 5.92 Å². The molecule has 0 saturated heterocycles. The largest absolute Gasteiger partial charge is 0.352 e. The fourth-order valence-electron chi connectivity index (χ4n) is 2.75. The van der Waals surface area contributed by atoms with Crippen LogP contribution >= 0.6 is 0 Å². The average molecular weight is 331 g/mol. The monoisotopic (exact) mass is 331 g/mol. The van der Waals surface area contributed by atoms with Crippen molar-refractivity contribution in [2.45, 2.75) is 52.6 Å². The molecule has 24 heavy (non-hydrogen) atoms. The molecule has 0 spiro atoms. The normalized spacial score (nSPS) is 12.5. The number of amides is 1. The first-order valence-electron chi connectivity index (χ1n) is 8.39. The summed E-state index contributed by atoms with van der Waals surface area (Å²) >= 11 is 0. The summed E-state index contributed by atoms with van der Waals surface area (Å²) in [6.45, 7) is 6.15. The molecule has 0 aliphatic heterocycles. The number of benzene rings is 1. The van der Waals surface area contributed by atoms with Crippen LogP contribution in [0.5, 0.6) is 0 Å². The molecule has 1 aromatic carbocycles. The van der Waals surface area contributed by atoms with Gasteiger partial charge in [0.2, 0.25) is 5.91 Å². The Morgan fingerprint density at radius 2 is 1.88 bits per heavy atom. The molecule has 2 rings (SSSR count). The molecule has 130 valence electrons. The number of nitrogens with zero attached hydrogens (tertiary/aromatic N) is 1. The molecule has 0 aliphatic carbocycles. The van der Waals surface area contributed by atoms with Gasteiger partial charge in [-0.15, -0.1) is 0 Å². The van der Waals surface area contributed by atoms with Gasteiger partial charge in [-0.3, -0.25) is 19.0 Å². The van der Waals surface area contributed by atoms with Crippen LogP contribution in [0.25, 0.3) is 11.0 Å². The summed E-state index contributed by atoms with van der Waals surface area (Å²) in [6, 6.07) is 7.00. The second-order valence-corrected chi connectivity index (χ2v) is 6.66. The lowest BCUT2D eigenvalue weighted by Gasteiger charge is -2.15. The second kappa shape index (κ2) is 7.95. The minimum Gasteiger partial charge on any atom is -0.352 e. The standard InChI is InChI=1S/C18H25N3O3/c1-12(2)7-6-8-13(3)19-16(22)11-21-15-10-5-4-9-14(15)20-17(23)18(21)24/h4-5,9-10,12-13H,6-8,11H2,1-3H3,(H,19,22)(H,20,23)/t13-/m1/s1. The molecule has 1 amide bonds. The molecule has 1 heterocycles. The SMILES string of the molecule is CC(C)CCC[C@@H](C)NC(=O)Cn1c(=O)c(=O)[nH]c2ccccc21. The fourth-order valence-corrected chi connectivity index (χ4v) is 2.75. The quantitative estimate of drug-likeness (QED) is 0.761. The average Bonchev–Trinajstić information content (AvgIpc) is 2.51. The van der Waals surface area contributed by atoms with Crippen molar-refractivity contribution >= 4 is 16.9 Å². The molecular formula is C18H25N3O3. The zero-order chi connectivity index (χ0) is 17.7. The third kappa shape index (κ3) is 4.57. The van der Waals surface area contributed by atoms with Gasteiger partial charge in [-0.1, -0.05) is 38.8 Å². The highest BCUT2D eigenvalue weighted by atomic mass is 16.2. The van der Waals surface area contributed by atoms with Crippen LogP contribution in [0.4, 0.5) is 0 Å². The highest BCUT2D eigenvalue weighted by Gasteiger charge is 2.13. The van der Waals surface area contributed by atoms with E-state index in [1.807, 2.05) is 6.92 Å². The van der Waals surface area contributed by atoms with E-state index < -0.39 is 11.1 Å². The van der Waals surface area contributed by atoms with E-state index in [0.29, 0.717) is 17.0 Å². The van der Waals surface area contributed by atoms with Gasteiger partial charge in [0.25, 0.3) is 0 Å². The molecule has 2 aromatic rings. The summed E-state index contributed by atoms with van der Waals surface area (Å²) in [5.41, 5.74) is -0.340. The van der Waals surface area contributed by atoms with Gasteiger partial charge in [-0.2, -0.15) is 0 Å². The van der Waals surface area contributed by atoms with Crippen molar-refractivity contribution in [1.29, 1.82) is 0 Å². The fraction of sp³-hybridized carbons (Fsp3) is 0.500. The van der Waals surface area contributed by atoms with E-state index in [2.05, 4.69) is 24.1 Å². The first-order chi connectivity index (χ1) is 11.4. The molecule has 1 atom stereocenters. The number of hydrogen-bond donors (Lipinski definition) is 2. The van der Waals surface area contributed by atoms with E-state index in [9.17, 15) is 14.4 Å². The summed E-state index contributed by atoms with van der Waals surface area (Å²) in [5, 5.41) is 2.90. The maximum absolute atomic E-state index is 12.2. The summed E-state index contributed by atoms with van der Waals surface area (Å²) in [7, 11) is 0. The van der Waals surface area contributed by atoms with Gasteiger partial charge in [0.05, 0.1) is 11.0 Å². The molecule has 6 heteroatoms. The Bertz CT molecular complexity index is 820. The number of para-hydroxylation sites is 2. The number of carbonyl (C=O) groups excluding carboxylic acids is 1. The lowest BCUT2D eigenvalue weighted by Crippen LogP contribution is -2.42. The number of H-pyrrole nitrogens is 1. The van der Waals surface area contributed by atoms with Crippen LogP contribution in [0.3, 0.4) is 0 Å². The zero-order valence-corrected chi connectivity index (χ0v) is 14.5. The maximum Gasteiger partial charge on any atom is 0.317 e. The van der Waals surface area contributed by atoms with Crippen LogP contribution in [0.2, 0.25) is 0 Å². The van der Waals surface area contributed by atoms with Crippen LogP contribution in [-0.2, 0) is 11.3 Å². The lowest BCUT2D eigenvalue weighted by molar-refractivity contribution is -0.122. The number of hydrogen-bond acceptors (Lipinski definition) is 3. The van der Waals surface area contributed by atoms with E-state index in [1.165, 1.54) is 4.57 Å². The lowest BCUT2D eigenvalue weighted by atomic mass is 10.0. The topological polar surface area (TPSA) is 84.0 Å². The molecular weight excluding hydrogens is 306 g/mol. The Morgan fingerprint density at radius 3 is 2.58 bits per heavy atom. The number of fused-ring (bicyclic) bond motifs is 1. The summed E-state index contributed by atoms with van der Waals surface area (Å²) in [6.07, 6.45) is 3.07. The van der Waals surface area contributed by atoms with Crippen molar-refractivity contribution < 1.29 is 4.79 Å². The zero-order valence-electron chi connectivity index (χ0n) is 14.5. The number of carbonyl (C=O) groups is 1. The van der Waals surface area contributed by atoms with Crippen LogP contribution in [-0.4, -0.2) is 21.5 Å². The molecule has 2 N–H and O–H groups in total. The Hall–Kier alpha value is -2.37. The molecule has 0 radical (unpaired) electrons. The van der Waals surface area contributed by atoms with Gasteiger partial charge >= 0.3 is 11.1 Å². The van der Waals surface area contributed by atoms with E-state index in [4.69, 9.17) is 0 Å². The van der Waals surface area contributed by atoms with Crippen LogP contribution < -0.4 is 16.4 Å². The molecule has 0 fully saturated rings. The Labute approximate surface area is 140 Å². The van der Waals surface area contributed by atoms with Gasteiger partial charge in [-0.05, 0) is 31.4 Å². The third-order valence-electron chi connectivity index (χ3n) is 4.01. The van der Waals surface area contributed by atoms with Gasteiger partial charge < -0.3 is 10.3 Å². The minimum atomic E-state index is -0.716. The van der Waals surface area contributed by atoms with Gasteiger partial charge in [0.1, 0.15) is 6.54 Å². The molecule has 6 nitrogen and oxygen atoms in total. The molecule has 0 unspecified atom stereocenters. The second-order valence-electron chi connectivity index (χ2n) is 6.66. The molecule has 0 bridgehead atoms. The third-order valence-corrected chi connectivity index (χ3v) is 4.01. The van der Waals surface area contributed by atoms with Crippen LogP contribution in [0.15, 0.2) is 33.9 Å². The molecule has 0 aliphatic rings. The van der Waals surface area contributed by atoms with E-state index in [0.717, 1.165) is 19.3 Å². The number of aromatic nitrogens is 2.